The van der Waals surface area contributed by atoms with Crippen molar-refractivity contribution in [3.05, 3.63) is 35.9 Å². The van der Waals surface area contributed by atoms with E-state index in [1.165, 1.54) is 0 Å². The van der Waals surface area contributed by atoms with Gasteiger partial charge in [0.15, 0.2) is 6.29 Å². The molecular formula is C13H18O3. The summed E-state index contributed by atoms with van der Waals surface area (Å²) < 4.78 is 10.9. The number of ether oxygens (including phenoxy) is 2. The molecule has 0 amide bonds. The molecule has 1 fully saturated rings. The summed E-state index contributed by atoms with van der Waals surface area (Å²) in [6, 6.07) is 9.70. The van der Waals surface area contributed by atoms with Crippen LogP contribution < -0.4 is 0 Å². The maximum atomic E-state index is 9.94. The Bertz CT molecular complexity index is 293. The van der Waals surface area contributed by atoms with Gasteiger partial charge in [-0.25, -0.2) is 0 Å². The van der Waals surface area contributed by atoms with Gasteiger partial charge in [0.05, 0.1) is 19.3 Å². The highest BCUT2D eigenvalue weighted by molar-refractivity contribution is 5.16. The van der Waals surface area contributed by atoms with Crippen LogP contribution >= 0.6 is 0 Å². The minimum Gasteiger partial charge on any atom is -0.388 e. The summed E-state index contributed by atoms with van der Waals surface area (Å²) in [4.78, 5) is 0. The SMILES string of the molecule is OC(CCC1OCCCO1)c1ccccc1. The molecule has 1 atom stereocenters. The minimum atomic E-state index is -0.421. The molecule has 1 aliphatic heterocycles. The number of hydrogen-bond acceptors (Lipinski definition) is 3. The largest absolute Gasteiger partial charge is 0.388 e. The predicted octanol–water partition coefficient (Wildman–Crippen LogP) is 2.26. The molecule has 1 N–H and O–H groups in total. The van der Waals surface area contributed by atoms with Crippen LogP contribution in [0.1, 0.15) is 30.9 Å². The van der Waals surface area contributed by atoms with Crippen molar-refractivity contribution in [2.75, 3.05) is 13.2 Å². The van der Waals surface area contributed by atoms with Gasteiger partial charge in [-0.3, -0.25) is 0 Å². The van der Waals surface area contributed by atoms with Gasteiger partial charge >= 0.3 is 0 Å². The van der Waals surface area contributed by atoms with E-state index < -0.39 is 6.10 Å². The third-order valence-corrected chi connectivity index (χ3v) is 2.76. The van der Waals surface area contributed by atoms with Crippen molar-refractivity contribution in [3.8, 4) is 0 Å². The standard InChI is InChI=1S/C13H18O3/c14-12(11-5-2-1-3-6-11)7-8-13-15-9-4-10-16-13/h1-3,5-6,12-14H,4,7-10H2. The highest BCUT2D eigenvalue weighted by atomic mass is 16.7. The number of hydrogen-bond donors (Lipinski definition) is 1. The molecule has 2 rings (SSSR count). The summed E-state index contributed by atoms with van der Waals surface area (Å²) in [5.74, 6) is 0. The van der Waals surface area contributed by atoms with Gasteiger partial charge in [0.1, 0.15) is 0 Å². The fourth-order valence-electron chi connectivity index (χ4n) is 1.84. The molecule has 1 saturated heterocycles. The van der Waals surface area contributed by atoms with Crippen LogP contribution in [0.3, 0.4) is 0 Å². The summed E-state index contributed by atoms with van der Waals surface area (Å²) in [6.45, 7) is 1.54. The van der Waals surface area contributed by atoms with Crippen molar-refractivity contribution in [2.24, 2.45) is 0 Å². The number of aliphatic hydroxyl groups excluding tert-OH is 1. The van der Waals surface area contributed by atoms with E-state index in [-0.39, 0.29) is 6.29 Å². The second-order valence-electron chi connectivity index (χ2n) is 4.03. The molecular weight excluding hydrogens is 204 g/mol. The summed E-state index contributed by atoms with van der Waals surface area (Å²) in [6.07, 6.45) is 1.84. The summed E-state index contributed by atoms with van der Waals surface area (Å²) in [5, 5.41) is 9.94. The monoisotopic (exact) mass is 222 g/mol. The Morgan fingerprint density at radius 2 is 1.88 bits per heavy atom. The van der Waals surface area contributed by atoms with Gasteiger partial charge in [-0.1, -0.05) is 30.3 Å². The van der Waals surface area contributed by atoms with E-state index in [2.05, 4.69) is 0 Å². The molecule has 16 heavy (non-hydrogen) atoms. The lowest BCUT2D eigenvalue weighted by Crippen LogP contribution is -2.25. The zero-order chi connectivity index (χ0) is 11.2. The van der Waals surface area contributed by atoms with Gasteiger partial charge < -0.3 is 14.6 Å². The molecule has 0 saturated carbocycles. The first-order valence-electron chi connectivity index (χ1n) is 5.82. The summed E-state index contributed by atoms with van der Waals surface area (Å²) in [5.41, 5.74) is 0.957. The maximum absolute atomic E-state index is 9.94. The van der Waals surface area contributed by atoms with E-state index >= 15 is 0 Å². The molecule has 1 aromatic rings. The van der Waals surface area contributed by atoms with Crippen LogP contribution in [-0.4, -0.2) is 24.6 Å². The lowest BCUT2D eigenvalue weighted by molar-refractivity contribution is -0.183. The number of rotatable bonds is 4. The average Bonchev–Trinajstić information content (AvgIpc) is 2.38. The zero-order valence-corrected chi connectivity index (χ0v) is 9.34. The molecule has 0 aliphatic carbocycles. The Hall–Kier alpha value is -0.900. The van der Waals surface area contributed by atoms with Crippen molar-refractivity contribution in [2.45, 2.75) is 31.7 Å². The van der Waals surface area contributed by atoms with Gasteiger partial charge in [0.2, 0.25) is 0 Å². The fourth-order valence-corrected chi connectivity index (χ4v) is 1.84. The fraction of sp³-hybridized carbons (Fsp3) is 0.538. The molecule has 0 spiro atoms. The van der Waals surface area contributed by atoms with E-state index in [0.29, 0.717) is 6.42 Å². The first kappa shape index (κ1) is 11.6. The quantitative estimate of drug-likeness (QED) is 0.849. The van der Waals surface area contributed by atoms with Crippen LogP contribution in [0.2, 0.25) is 0 Å². The van der Waals surface area contributed by atoms with Crippen LogP contribution in [-0.2, 0) is 9.47 Å². The van der Waals surface area contributed by atoms with Crippen LogP contribution in [0.4, 0.5) is 0 Å². The first-order valence-corrected chi connectivity index (χ1v) is 5.82. The van der Waals surface area contributed by atoms with Crippen molar-refractivity contribution in [1.29, 1.82) is 0 Å². The second kappa shape index (κ2) is 5.99. The molecule has 88 valence electrons. The number of benzene rings is 1. The Kier molecular flexibility index (Phi) is 4.34. The average molecular weight is 222 g/mol. The van der Waals surface area contributed by atoms with Crippen LogP contribution in [0.15, 0.2) is 30.3 Å². The predicted molar refractivity (Wildman–Crippen MR) is 60.9 cm³/mol. The van der Waals surface area contributed by atoms with E-state index in [1.807, 2.05) is 30.3 Å². The van der Waals surface area contributed by atoms with Crippen LogP contribution in [0.5, 0.6) is 0 Å². The van der Waals surface area contributed by atoms with Crippen molar-refractivity contribution < 1.29 is 14.6 Å². The Morgan fingerprint density at radius 3 is 2.56 bits per heavy atom. The number of aliphatic hydroxyl groups is 1. The van der Waals surface area contributed by atoms with Gasteiger partial charge in [-0.15, -0.1) is 0 Å². The normalized spacial score (nSPS) is 19.6. The van der Waals surface area contributed by atoms with Gasteiger partial charge in [0.25, 0.3) is 0 Å². The summed E-state index contributed by atoms with van der Waals surface area (Å²) >= 11 is 0. The second-order valence-corrected chi connectivity index (χ2v) is 4.03. The molecule has 1 unspecified atom stereocenters. The molecule has 0 bridgehead atoms. The topological polar surface area (TPSA) is 38.7 Å². The first-order chi connectivity index (χ1) is 7.86. The van der Waals surface area contributed by atoms with Gasteiger partial charge in [-0.05, 0) is 18.4 Å². The highest BCUT2D eigenvalue weighted by Gasteiger charge is 2.16. The van der Waals surface area contributed by atoms with Gasteiger partial charge in [0, 0.05) is 6.42 Å². The molecule has 3 heteroatoms. The van der Waals surface area contributed by atoms with E-state index in [4.69, 9.17) is 9.47 Å². The van der Waals surface area contributed by atoms with E-state index in [0.717, 1.165) is 31.6 Å². The highest BCUT2D eigenvalue weighted by Crippen LogP contribution is 2.21. The molecule has 0 radical (unpaired) electrons. The molecule has 1 aromatic carbocycles. The Labute approximate surface area is 96.0 Å². The van der Waals surface area contributed by atoms with Crippen molar-refractivity contribution >= 4 is 0 Å². The molecule has 1 heterocycles. The molecule has 1 aliphatic rings. The molecule has 0 aromatic heterocycles. The smallest absolute Gasteiger partial charge is 0.157 e. The third-order valence-electron chi connectivity index (χ3n) is 2.76. The lowest BCUT2D eigenvalue weighted by Gasteiger charge is -2.24. The van der Waals surface area contributed by atoms with Crippen molar-refractivity contribution in [3.63, 3.8) is 0 Å². The van der Waals surface area contributed by atoms with E-state index in [9.17, 15) is 5.11 Å². The maximum Gasteiger partial charge on any atom is 0.157 e. The van der Waals surface area contributed by atoms with Crippen LogP contribution in [0, 0.1) is 0 Å². The zero-order valence-electron chi connectivity index (χ0n) is 9.34. The van der Waals surface area contributed by atoms with E-state index in [1.54, 1.807) is 0 Å². The Balaban J connectivity index is 1.77. The molecule has 3 nitrogen and oxygen atoms in total. The Morgan fingerprint density at radius 1 is 1.19 bits per heavy atom. The summed E-state index contributed by atoms with van der Waals surface area (Å²) in [7, 11) is 0. The lowest BCUT2D eigenvalue weighted by atomic mass is 10.0. The third kappa shape index (κ3) is 3.30. The van der Waals surface area contributed by atoms with Gasteiger partial charge in [-0.2, -0.15) is 0 Å². The minimum absolute atomic E-state index is 0.132. The van der Waals surface area contributed by atoms with Crippen molar-refractivity contribution in [1.82, 2.24) is 0 Å². The van der Waals surface area contributed by atoms with Crippen LogP contribution in [0.25, 0.3) is 0 Å².